The van der Waals surface area contributed by atoms with E-state index in [-0.39, 0.29) is 10.7 Å². The Hall–Kier alpha value is -0.910. The zero-order valence-electron chi connectivity index (χ0n) is 9.15. The lowest BCUT2D eigenvalue weighted by Crippen LogP contribution is -2.42. The normalized spacial score (nSPS) is 21.5. The predicted octanol–water partition coefficient (Wildman–Crippen LogP) is 1.31. The molecule has 0 N–H and O–H groups in total. The van der Waals surface area contributed by atoms with Gasteiger partial charge in [0.2, 0.25) is 11.8 Å². The number of halogens is 1. The molecule has 0 aliphatic carbocycles. The van der Waals surface area contributed by atoms with Gasteiger partial charge in [-0.15, -0.1) is 0 Å². The molecule has 0 spiro atoms. The number of aromatic nitrogens is 2. The van der Waals surface area contributed by atoms with E-state index in [4.69, 9.17) is 4.52 Å². The van der Waals surface area contributed by atoms with Crippen LogP contribution < -0.4 is 0 Å². The highest BCUT2D eigenvalue weighted by Gasteiger charge is 2.26. The van der Waals surface area contributed by atoms with Crippen LogP contribution in [0.3, 0.4) is 0 Å². The summed E-state index contributed by atoms with van der Waals surface area (Å²) in [5.74, 6) is 1.41. The standard InChI is InChI=1S/C10H14BrN3O2/c1-7-12-9(13-16-7)4-6-14-5-2-3-8(11)10(14)15/h8H,2-6H2,1H3. The van der Waals surface area contributed by atoms with Crippen molar-refractivity contribution in [1.82, 2.24) is 15.0 Å². The third-order valence-electron chi connectivity index (χ3n) is 2.64. The maximum absolute atomic E-state index is 11.8. The summed E-state index contributed by atoms with van der Waals surface area (Å²) in [5, 5.41) is 3.81. The SMILES string of the molecule is Cc1nc(CCN2CCCC(Br)C2=O)no1. The fraction of sp³-hybridized carbons (Fsp3) is 0.700. The van der Waals surface area contributed by atoms with Crippen molar-refractivity contribution in [2.45, 2.75) is 31.0 Å². The number of piperidine rings is 1. The van der Waals surface area contributed by atoms with Crippen LogP contribution in [0.2, 0.25) is 0 Å². The van der Waals surface area contributed by atoms with Gasteiger partial charge < -0.3 is 9.42 Å². The number of nitrogens with zero attached hydrogens (tertiary/aromatic N) is 3. The fourth-order valence-electron chi connectivity index (χ4n) is 1.79. The Morgan fingerprint density at radius 2 is 2.44 bits per heavy atom. The summed E-state index contributed by atoms with van der Waals surface area (Å²) < 4.78 is 4.88. The zero-order chi connectivity index (χ0) is 11.5. The topological polar surface area (TPSA) is 59.2 Å². The van der Waals surface area contributed by atoms with Gasteiger partial charge in [0.05, 0.1) is 4.83 Å². The molecule has 1 saturated heterocycles. The van der Waals surface area contributed by atoms with Crippen molar-refractivity contribution in [2.24, 2.45) is 0 Å². The lowest BCUT2D eigenvalue weighted by atomic mass is 10.1. The smallest absolute Gasteiger partial charge is 0.236 e. The second kappa shape index (κ2) is 4.95. The van der Waals surface area contributed by atoms with Crippen LogP contribution in [0.1, 0.15) is 24.6 Å². The number of rotatable bonds is 3. The number of likely N-dealkylation sites (tertiary alicyclic amines) is 1. The number of hydrogen-bond donors (Lipinski definition) is 0. The van der Waals surface area contributed by atoms with E-state index < -0.39 is 0 Å². The van der Waals surface area contributed by atoms with E-state index in [9.17, 15) is 4.79 Å². The maximum atomic E-state index is 11.8. The summed E-state index contributed by atoms with van der Waals surface area (Å²) in [4.78, 5) is 17.7. The maximum Gasteiger partial charge on any atom is 0.236 e. The molecule has 6 heteroatoms. The van der Waals surface area contributed by atoms with Gasteiger partial charge in [-0.1, -0.05) is 21.1 Å². The highest BCUT2D eigenvalue weighted by Crippen LogP contribution is 2.18. The Kier molecular flexibility index (Phi) is 3.58. The molecule has 1 atom stereocenters. The zero-order valence-corrected chi connectivity index (χ0v) is 10.7. The number of carbonyl (C=O) groups excluding carboxylic acids is 1. The summed E-state index contributed by atoms with van der Waals surface area (Å²) in [5.41, 5.74) is 0. The van der Waals surface area contributed by atoms with E-state index in [1.165, 1.54) is 0 Å². The Morgan fingerprint density at radius 3 is 3.12 bits per heavy atom. The second-order valence-corrected chi connectivity index (χ2v) is 5.02. The molecule has 0 bridgehead atoms. The van der Waals surface area contributed by atoms with Crippen molar-refractivity contribution in [3.05, 3.63) is 11.7 Å². The Labute approximate surface area is 102 Å². The monoisotopic (exact) mass is 287 g/mol. The molecule has 1 aliphatic heterocycles. The molecule has 1 aromatic heterocycles. The molecule has 1 fully saturated rings. The first kappa shape index (κ1) is 11.6. The lowest BCUT2D eigenvalue weighted by molar-refractivity contribution is -0.132. The van der Waals surface area contributed by atoms with Crippen LogP contribution >= 0.6 is 15.9 Å². The Balaban J connectivity index is 1.87. The van der Waals surface area contributed by atoms with Crippen LogP contribution in [0.5, 0.6) is 0 Å². The van der Waals surface area contributed by atoms with Gasteiger partial charge in [0.1, 0.15) is 0 Å². The molecule has 1 amide bonds. The largest absolute Gasteiger partial charge is 0.341 e. The molecule has 5 nitrogen and oxygen atoms in total. The third kappa shape index (κ3) is 2.61. The first-order valence-electron chi connectivity index (χ1n) is 5.39. The average molecular weight is 288 g/mol. The minimum atomic E-state index is -0.0201. The van der Waals surface area contributed by atoms with Crippen molar-refractivity contribution >= 4 is 21.8 Å². The van der Waals surface area contributed by atoms with Gasteiger partial charge in [-0.05, 0) is 12.8 Å². The molecule has 0 radical (unpaired) electrons. The summed E-state index contributed by atoms with van der Waals surface area (Å²) in [6.45, 7) is 3.26. The van der Waals surface area contributed by atoms with E-state index in [0.717, 1.165) is 19.4 Å². The van der Waals surface area contributed by atoms with Crippen LogP contribution in [0.25, 0.3) is 0 Å². The van der Waals surface area contributed by atoms with E-state index in [2.05, 4.69) is 26.1 Å². The van der Waals surface area contributed by atoms with Gasteiger partial charge in [0, 0.05) is 26.4 Å². The molecular weight excluding hydrogens is 274 g/mol. The lowest BCUT2D eigenvalue weighted by Gasteiger charge is -2.29. The quantitative estimate of drug-likeness (QED) is 0.787. The highest BCUT2D eigenvalue weighted by molar-refractivity contribution is 9.10. The van der Waals surface area contributed by atoms with Gasteiger partial charge in [-0.3, -0.25) is 4.79 Å². The van der Waals surface area contributed by atoms with Gasteiger partial charge in [-0.25, -0.2) is 0 Å². The molecule has 0 aromatic carbocycles. The molecule has 16 heavy (non-hydrogen) atoms. The van der Waals surface area contributed by atoms with E-state index in [0.29, 0.717) is 24.7 Å². The summed E-state index contributed by atoms with van der Waals surface area (Å²) in [7, 11) is 0. The van der Waals surface area contributed by atoms with Crippen LogP contribution in [0.4, 0.5) is 0 Å². The molecule has 1 aliphatic rings. The molecule has 2 heterocycles. The van der Waals surface area contributed by atoms with Gasteiger partial charge in [-0.2, -0.15) is 4.98 Å². The predicted molar refractivity (Wildman–Crippen MR) is 61.3 cm³/mol. The second-order valence-electron chi connectivity index (χ2n) is 3.91. The molecule has 1 unspecified atom stereocenters. The average Bonchev–Trinajstić information content (AvgIpc) is 2.67. The van der Waals surface area contributed by atoms with Crippen molar-refractivity contribution in [2.75, 3.05) is 13.1 Å². The number of amides is 1. The molecule has 0 saturated carbocycles. The van der Waals surface area contributed by atoms with Crippen LogP contribution in [0, 0.1) is 6.92 Å². The van der Waals surface area contributed by atoms with Crippen molar-refractivity contribution < 1.29 is 9.32 Å². The first-order chi connectivity index (χ1) is 7.66. The van der Waals surface area contributed by atoms with Gasteiger partial charge >= 0.3 is 0 Å². The summed E-state index contributed by atoms with van der Waals surface area (Å²) >= 11 is 3.38. The Morgan fingerprint density at radius 1 is 1.62 bits per heavy atom. The third-order valence-corrected chi connectivity index (χ3v) is 3.49. The number of aryl methyl sites for hydroxylation is 1. The van der Waals surface area contributed by atoms with Gasteiger partial charge in [0.15, 0.2) is 5.82 Å². The van der Waals surface area contributed by atoms with Crippen LogP contribution in [-0.2, 0) is 11.2 Å². The minimum absolute atomic E-state index is 0.0201. The fourth-order valence-corrected chi connectivity index (χ4v) is 2.41. The van der Waals surface area contributed by atoms with Crippen LogP contribution in [0.15, 0.2) is 4.52 Å². The van der Waals surface area contributed by atoms with Gasteiger partial charge in [0.25, 0.3) is 0 Å². The van der Waals surface area contributed by atoms with Crippen molar-refractivity contribution in [3.8, 4) is 0 Å². The van der Waals surface area contributed by atoms with Crippen molar-refractivity contribution in [3.63, 3.8) is 0 Å². The molecule has 2 rings (SSSR count). The highest BCUT2D eigenvalue weighted by atomic mass is 79.9. The summed E-state index contributed by atoms with van der Waals surface area (Å²) in [6.07, 6.45) is 2.63. The number of hydrogen-bond acceptors (Lipinski definition) is 4. The Bertz CT molecular complexity index is 380. The van der Waals surface area contributed by atoms with E-state index >= 15 is 0 Å². The van der Waals surface area contributed by atoms with Crippen molar-refractivity contribution in [1.29, 1.82) is 0 Å². The number of alkyl halides is 1. The van der Waals surface area contributed by atoms with E-state index in [1.54, 1.807) is 6.92 Å². The molecular formula is C10H14BrN3O2. The molecule has 88 valence electrons. The summed E-state index contributed by atoms with van der Waals surface area (Å²) in [6, 6.07) is 0. The van der Waals surface area contributed by atoms with E-state index in [1.807, 2.05) is 4.90 Å². The number of carbonyl (C=O) groups is 1. The first-order valence-corrected chi connectivity index (χ1v) is 6.30. The minimum Gasteiger partial charge on any atom is -0.341 e. The molecule has 1 aromatic rings. The van der Waals surface area contributed by atoms with Crippen LogP contribution in [-0.4, -0.2) is 38.9 Å².